The molecule has 0 atom stereocenters. The van der Waals surface area contributed by atoms with Crippen molar-refractivity contribution in [1.82, 2.24) is 4.98 Å². The predicted molar refractivity (Wildman–Crippen MR) is 56.2 cm³/mol. The summed E-state index contributed by atoms with van der Waals surface area (Å²) < 4.78 is 12.5. The molecule has 1 aromatic carbocycles. The maximum atomic E-state index is 12.5. The van der Waals surface area contributed by atoms with Gasteiger partial charge in [0.25, 0.3) is 0 Å². The second-order valence-corrected chi connectivity index (χ2v) is 3.05. The van der Waals surface area contributed by atoms with E-state index in [9.17, 15) is 4.39 Å². The standard InChI is InChI=1S/C12H9FN/c1-9(13)7-10-4-5-11-3-2-6-14-12(11)8-10/h2-8H,1H2/b9-7+. The minimum atomic E-state index is -0.444. The van der Waals surface area contributed by atoms with Crippen LogP contribution in [0.2, 0.25) is 0 Å². The SMILES string of the molecule is [CH2]/C(F)=C\c1ccc2cccnc2c1. The molecule has 1 radical (unpaired) electrons. The molecule has 0 aliphatic heterocycles. The largest absolute Gasteiger partial charge is 0.256 e. The molecule has 0 bridgehead atoms. The van der Waals surface area contributed by atoms with Crippen LogP contribution in [-0.2, 0) is 0 Å². The van der Waals surface area contributed by atoms with Crippen molar-refractivity contribution in [3.63, 3.8) is 0 Å². The molecule has 0 aliphatic rings. The van der Waals surface area contributed by atoms with Crippen LogP contribution in [0, 0.1) is 6.92 Å². The molecule has 1 nitrogen and oxygen atoms in total. The van der Waals surface area contributed by atoms with Crippen molar-refractivity contribution in [1.29, 1.82) is 0 Å². The summed E-state index contributed by atoms with van der Waals surface area (Å²) in [5, 5.41) is 1.05. The van der Waals surface area contributed by atoms with Crippen molar-refractivity contribution in [3.8, 4) is 0 Å². The molecular formula is C12H9FN. The Morgan fingerprint density at radius 1 is 1.36 bits per heavy atom. The fraction of sp³-hybridized carbons (Fsp3) is 0. The Labute approximate surface area is 81.9 Å². The average Bonchev–Trinajstić information content (AvgIpc) is 2.17. The van der Waals surface area contributed by atoms with Crippen molar-refractivity contribution in [2.45, 2.75) is 0 Å². The van der Waals surface area contributed by atoms with Crippen molar-refractivity contribution < 1.29 is 4.39 Å². The molecule has 0 aliphatic carbocycles. The molecule has 0 fully saturated rings. The highest BCUT2D eigenvalue weighted by molar-refractivity contribution is 5.80. The van der Waals surface area contributed by atoms with Gasteiger partial charge in [0.1, 0.15) is 5.83 Å². The predicted octanol–water partition coefficient (Wildman–Crippen LogP) is 3.38. The van der Waals surface area contributed by atoms with Crippen LogP contribution in [0.4, 0.5) is 4.39 Å². The van der Waals surface area contributed by atoms with Gasteiger partial charge in [-0.2, -0.15) is 0 Å². The zero-order valence-corrected chi connectivity index (χ0v) is 7.57. The van der Waals surface area contributed by atoms with Crippen LogP contribution in [-0.4, -0.2) is 4.98 Å². The van der Waals surface area contributed by atoms with E-state index >= 15 is 0 Å². The van der Waals surface area contributed by atoms with E-state index < -0.39 is 5.83 Å². The number of hydrogen-bond donors (Lipinski definition) is 0. The zero-order chi connectivity index (χ0) is 9.97. The highest BCUT2D eigenvalue weighted by Crippen LogP contribution is 2.15. The number of halogens is 1. The van der Waals surface area contributed by atoms with Gasteiger partial charge in [-0.1, -0.05) is 18.2 Å². The Morgan fingerprint density at radius 3 is 3.00 bits per heavy atom. The summed E-state index contributed by atoms with van der Waals surface area (Å²) in [6.07, 6.45) is 3.10. The topological polar surface area (TPSA) is 12.9 Å². The Hall–Kier alpha value is -1.70. The molecule has 2 heteroatoms. The van der Waals surface area contributed by atoms with E-state index in [1.165, 1.54) is 6.08 Å². The van der Waals surface area contributed by atoms with Gasteiger partial charge < -0.3 is 0 Å². The van der Waals surface area contributed by atoms with E-state index in [-0.39, 0.29) is 0 Å². The molecule has 0 N–H and O–H groups in total. The first-order chi connectivity index (χ1) is 6.75. The van der Waals surface area contributed by atoms with E-state index in [0.29, 0.717) is 0 Å². The summed E-state index contributed by atoms with van der Waals surface area (Å²) in [6, 6.07) is 9.43. The molecule has 69 valence electrons. The third-order valence-electron chi connectivity index (χ3n) is 1.95. The zero-order valence-electron chi connectivity index (χ0n) is 7.57. The van der Waals surface area contributed by atoms with Crippen molar-refractivity contribution in [3.05, 3.63) is 54.8 Å². The van der Waals surface area contributed by atoms with Gasteiger partial charge in [0.2, 0.25) is 0 Å². The van der Waals surface area contributed by atoms with Crippen LogP contribution in [0.15, 0.2) is 42.4 Å². The van der Waals surface area contributed by atoms with Crippen LogP contribution in [0.1, 0.15) is 5.56 Å². The third kappa shape index (κ3) is 1.79. The van der Waals surface area contributed by atoms with Crippen LogP contribution in [0.3, 0.4) is 0 Å². The van der Waals surface area contributed by atoms with Gasteiger partial charge in [0.05, 0.1) is 5.52 Å². The number of nitrogens with zero attached hydrogens (tertiary/aromatic N) is 1. The van der Waals surface area contributed by atoms with E-state index in [1.807, 2.05) is 30.3 Å². The summed E-state index contributed by atoms with van der Waals surface area (Å²) in [5.74, 6) is -0.444. The fourth-order valence-electron chi connectivity index (χ4n) is 1.35. The molecule has 14 heavy (non-hydrogen) atoms. The summed E-state index contributed by atoms with van der Waals surface area (Å²) in [5.41, 5.74) is 1.64. The minimum absolute atomic E-state index is 0.444. The van der Waals surface area contributed by atoms with E-state index in [1.54, 1.807) is 6.20 Å². The van der Waals surface area contributed by atoms with Crippen molar-refractivity contribution >= 4 is 17.0 Å². The lowest BCUT2D eigenvalue weighted by molar-refractivity contribution is 0.673. The van der Waals surface area contributed by atoms with Crippen molar-refractivity contribution in [2.75, 3.05) is 0 Å². The lowest BCUT2D eigenvalue weighted by Gasteiger charge is -1.97. The van der Waals surface area contributed by atoms with E-state index in [0.717, 1.165) is 16.5 Å². The maximum absolute atomic E-state index is 12.5. The normalized spacial score (nSPS) is 12.0. The third-order valence-corrected chi connectivity index (χ3v) is 1.95. The quantitative estimate of drug-likeness (QED) is 0.665. The van der Waals surface area contributed by atoms with Gasteiger partial charge in [0.15, 0.2) is 0 Å². The highest BCUT2D eigenvalue weighted by atomic mass is 19.1. The lowest BCUT2D eigenvalue weighted by atomic mass is 10.1. The van der Waals surface area contributed by atoms with Crippen LogP contribution in [0.5, 0.6) is 0 Å². The van der Waals surface area contributed by atoms with Gasteiger partial charge in [-0.15, -0.1) is 0 Å². The van der Waals surface area contributed by atoms with Crippen molar-refractivity contribution in [2.24, 2.45) is 0 Å². The van der Waals surface area contributed by atoms with Crippen LogP contribution >= 0.6 is 0 Å². The summed E-state index contributed by atoms with van der Waals surface area (Å²) in [6.45, 7) is 3.19. The smallest absolute Gasteiger partial charge is 0.101 e. The molecule has 1 heterocycles. The molecule has 0 saturated heterocycles. The second kappa shape index (κ2) is 3.58. The number of aromatic nitrogens is 1. The molecule has 2 rings (SSSR count). The van der Waals surface area contributed by atoms with E-state index in [4.69, 9.17) is 0 Å². The van der Waals surface area contributed by atoms with Crippen LogP contribution < -0.4 is 0 Å². The molecular weight excluding hydrogens is 177 g/mol. The highest BCUT2D eigenvalue weighted by Gasteiger charge is 1.94. The molecule has 0 spiro atoms. The second-order valence-electron chi connectivity index (χ2n) is 3.05. The average molecular weight is 186 g/mol. The molecule has 0 saturated carbocycles. The monoisotopic (exact) mass is 186 g/mol. The first-order valence-electron chi connectivity index (χ1n) is 4.30. The van der Waals surface area contributed by atoms with Gasteiger partial charge in [0, 0.05) is 18.5 Å². The summed E-state index contributed by atoms with van der Waals surface area (Å²) >= 11 is 0. The molecule has 2 aromatic rings. The Kier molecular flexibility index (Phi) is 2.27. The molecule has 1 aromatic heterocycles. The van der Waals surface area contributed by atoms with Gasteiger partial charge >= 0.3 is 0 Å². The molecule has 0 unspecified atom stereocenters. The molecule has 0 amide bonds. The summed E-state index contributed by atoms with van der Waals surface area (Å²) in [7, 11) is 0. The lowest BCUT2D eigenvalue weighted by Crippen LogP contribution is -1.79. The minimum Gasteiger partial charge on any atom is -0.256 e. The number of allylic oxidation sites excluding steroid dienone is 1. The maximum Gasteiger partial charge on any atom is 0.101 e. The number of hydrogen-bond acceptors (Lipinski definition) is 1. The number of pyridine rings is 1. The number of fused-ring (bicyclic) bond motifs is 1. The Balaban J connectivity index is 2.57. The first-order valence-corrected chi connectivity index (χ1v) is 4.30. The van der Waals surface area contributed by atoms with Crippen LogP contribution in [0.25, 0.3) is 17.0 Å². The number of rotatable bonds is 1. The van der Waals surface area contributed by atoms with Gasteiger partial charge in [-0.3, -0.25) is 4.98 Å². The summed E-state index contributed by atoms with van der Waals surface area (Å²) in [4.78, 5) is 4.18. The fourth-order valence-corrected chi connectivity index (χ4v) is 1.35. The van der Waals surface area contributed by atoms with Gasteiger partial charge in [-0.05, 0) is 23.8 Å². The van der Waals surface area contributed by atoms with Gasteiger partial charge in [-0.25, -0.2) is 4.39 Å². The Morgan fingerprint density at radius 2 is 2.21 bits per heavy atom. The van der Waals surface area contributed by atoms with E-state index in [2.05, 4.69) is 11.9 Å². The Bertz CT molecular complexity index is 484. The number of benzene rings is 1. The first kappa shape index (κ1) is 8.88.